The molecule has 0 aromatic heterocycles. The van der Waals surface area contributed by atoms with Gasteiger partial charge < -0.3 is 9.84 Å². The molecule has 0 saturated heterocycles. The Bertz CT molecular complexity index is 591. The van der Waals surface area contributed by atoms with Crippen molar-refractivity contribution in [1.82, 2.24) is 0 Å². The van der Waals surface area contributed by atoms with Crippen molar-refractivity contribution < 1.29 is 19.0 Å². The third kappa shape index (κ3) is 3.10. The van der Waals surface area contributed by atoms with Crippen LogP contribution in [-0.2, 0) is 6.42 Å². The maximum Gasteiger partial charge on any atom is 0.335 e. The normalized spacial score (nSPS) is 10.2. The van der Waals surface area contributed by atoms with Crippen LogP contribution in [0.25, 0.3) is 0 Å². The van der Waals surface area contributed by atoms with Crippen LogP contribution in [0.1, 0.15) is 22.8 Å². The number of carbonyl (C=O) groups is 1. The summed E-state index contributed by atoms with van der Waals surface area (Å²) in [6.45, 7) is 1.91. The van der Waals surface area contributed by atoms with Gasteiger partial charge in [0.25, 0.3) is 0 Å². The molecule has 0 aliphatic rings. The maximum atomic E-state index is 13.1. The van der Waals surface area contributed by atoms with E-state index >= 15 is 0 Å². The number of halogens is 1. The van der Waals surface area contributed by atoms with Gasteiger partial charge in [-0.05, 0) is 54.4 Å². The van der Waals surface area contributed by atoms with Crippen LogP contribution in [0.5, 0.6) is 11.5 Å². The van der Waals surface area contributed by atoms with Crippen molar-refractivity contribution in [1.29, 1.82) is 0 Å². The molecule has 0 spiro atoms. The van der Waals surface area contributed by atoms with E-state index in [2.05, 4.69) is 0 Å². The van der Waals surface area contributed by atoms with Gasteiger partial charge in [0, 0.05) is 0 Å². The van der Waals surface area contributed by atoms with E-state index in [9.17, 15) is 9.18 Å². The Balaban J connectivity index is 2.23. The number of hydrogen-bond acceptors (Lipinski definition) is 2. The third-order valence-electron chi connectivity index (χ3n) is 2.73. The lowest BCUT2D eigenvalue weighted by atomic mass is 10.1. The topological polar surface area (TPSA) is 46.5 Å². The summed E-state index contributed by atoms with van der Waals surface area (Å²) in [4.78, 5) is 10.7. The highest BCUT2D eigenvalue weighted by Crippen LogP contribution is 2.26. The standard InChI is InChI=1S/C15H13FO3/c1-2-10-9-12(16)5-8-14(10)19-13-6-3-11(4-7-13)15(17)18/h3-9H,2H2,1H3,(H,17,18). The molecule has 0 unspecified atom stereocenters. The third-order valence-corrected chi connectivity index (χ3v) is 2.73. The van der Waals surface area contributed by atoms with Gasteiger partial charge in [0.05, 0.1) is 5.56 Å². The Hall–Kier alpha value is -2.36. The summed E-state index contributed by atoms with van der Waals surface area (Å²) < 4.78 is 18.7. The van der Waals surface area contributed by atoms with E-state index in [1.807, 2.05) is 6.92 Å². The van der Waals surface area contributed by atoms with Crippen LogP contribution in [0.3, 0.4) is 0 Å². The van der Waals surface area contributed by atoms with E-state index in [1.54, 1.807) is 18.2 Å². The molecule has 0 radical (unpaired) electrons. The minimum absolute atomic E-state index is 0.196. The molecular weight excluding hydrogens is 247 g/mol. The Labute approximate surface area is 110 Å². The fourth-order valence-corrected chi connectivity index (χ4v) is 1.72. The van der Waals surface area contributed by atoms with E-state index < -0.39 is 5.97 Å². The second-order valence-electron chi connectivity index (χ2n) is 4.04. The van der Waals surface area contributed by atoms with Gasteiger partial charge in [0.15, 0.2) is 0 Å². The molecule has 0 atom stereocenters. The largest absolute Gasteiger partial charge is 0.478 e. The van der Waals surface area contributed by atoms with Crippen LogP contribution in [0.15, 0.2) is 42.5 Å². The summed E-state index contributed by atoms with van der Waals surface area (Å²) in [5.41, 5.74) is 0.962. The van der Waals surface area contributed by atoms with Gasteiger partial charge in [0.2, 0.25) is 0 Å². The number of benzene rings is 2. The van der Waals surface area contributed by atoms with Crippen molar-refractivity contribution in [3.05, 3.63) is 59.4 Å². The molecular formula is C15H13FO3. The molecule has 0 fully saturated rings. The predicted octanol–water partition coefficient (Wildman–Crippen LogP) is 3.88. The van der Waals surface area contributed by atoms with Crippen molar-refractivity contribution in [3.63, 3.8) is 0 Å². The Morgan fingerprint density at radius 2 is 1.89 bits per heavy atom. The minimum Gasteiger partial charge on any atom is -0.478 e. The summed E-state index contributed by atoms with van der Waals surface area (Å²) in [5.74, 6) is -0.189. The van der Waals surface area contributed by atoms with Crippen molar-refractivity contribution >= 4 is 5.97 Å². The first-order valence-corrected chi connectivity index (χ1v) is 5.90. The van der Waals surface area contributed by atoms with E-state index in [0.717, 1.165) is 5.56 Å². The van der Waals surface area contributed by atoms with Crippen molar-refractivity contribution in [2.45, 2.75) is 13.3 Å². The van der Waals surface area contributed by atoms with Gasteiger partial charge in [-0.2, -0.15) is 0 Å². The quantitative estimate of drug-likeness (QED) is 0.907. The first kappa shape index (κ1) is 13.1. The van der Waals surface area contributed by atoms with Crippen molar-refractivity contribution in [2.24, 2.45) is 0 Å². The summed E-state index contributed by atoms with van der Waals surface area (Å²) in [6, 6.07) is 10.4. The molecule has 1 N–H and O–H groups in total. The molecule has 0 heterocycles. The first-order chi connectivity index (χ1) is 9.10. The number of hydrogen-bond donors (Lipinski definition) is 1. The van der Waals surface area contributed by atoms with E-state index in [-0.39, 0.29) is 11.4 Å². The lowest BCUT2D eigenvalue weighted by Gasteiger charge is -2.10. The fourth-order valence-electron chi connectivity index (χ4n) is 1.72. The summed E-state index contributed by atoms with van der Waals surface area (Å²) in [6.07, 6.45) is 0.653. The minimum atomic E-state index is -0.984. The van der Waals surface area contributed by atoms with Crippen LogP contribution < -0.4 is 4.74 Å². The number of ether oxygens (including phenoxy) is 1. The van der Waals surface area contributed by atoms with Crippen molar-refractivity contribution in [3.8, 4) is 11.5 Å². The zero-order valence-corrected chi connectivity index (χ0v) is 10.4. The van der Waals surface area contributed by atoms with E-state index in [0.29, 0.717) is 17.9 Å². The molecule has 4 heteroatoms. The first-order valence-electron chi connectivity index (χ1n) is 5.90. The lowest BCUT2D eigenvalue weighted by molar-refractivity contribution is 0.0697. The number of aryl methyl sites for hydroxylation is 1. The van der Waals surface area contributed by atoms with Gasteiger partial charge in [-0.25, -0.2) is 9.18 Å². The molecule has 3 nitrogen and oxygen atoms in total. The fraction of sp³-hybridized carbons (Fsp3) is 0.133. The maximum absolute atomic E-state index is 13.1. The second kappa shape index (κ2) is 5.52. The molecule has 2 aromatic rings. The number of carboxylic acid groups (broad SMARTS) is 1. The van der Waals surface area contributed by atoms with E-state index in [4.69, 9.17) is 9.84 Å². The lowest BCUT2D eigenvalue weighted by Crippen LogP contribution is -1.96. The van der Waals surface area contributed by atoms with Gasteiger partial charge >= 0.3 is 5.97 Å². The van der Waals surface area contributed by atoms with Crippen LogP contribution in [0.2, 0.25) is 0 Å². The molecule has 0 saturated carbocycles. The SMILES string of the molecule is CCc1cc(F)ccc1Oc1ccc(C(=O)O)cc1. The Morgan fingerprint density at radius 3 is 2.47 bits per heavy atom. The highest BCUT2D eigenvalue weighted by Gasteiger charge is 2.06. The smallest absolute Gasteiger partial charge is 0.335 e. The highest BCUT2D eigenvalue weighted by molar-refractivity contribution is 5.87. The summed E-state index contributed by atoms with van der Waals surface area (Å²) in [7, 11) is 0. The highest BCUT2D eigenvalue weighted by atomic mass is 19.1. The van der Waals surface area contributed by atoms with Crippen LogP contribution >= 0.6 is 0 Å². The molecule has 19 heavy (non-hydrogen) atoms. The number of aromatic carboxylic acids is 1. The summed E-state index contributed by atoms with van der Waals surface area (Å²) >= 11 is 0. The Morgan fingerprint density at radius 1 is 1.21 bits per heavy atom. The van der Waals surface area contributed by atoms with E-state index in [1.165, 1.54) is 24.3 Å². The zero-order chi connectivity index (χ0) is 13.8. The zero-order valence-electron chi connectivity index (χ0n) is 10.4. The molecule has 0 bridgehead atoms. The summed E-state index contributed by atoms with van der Waals surface area (Å²) in [5, 5.41) is 8.80. The number of rotatable bonds is 4. The van der Waals surface area contributed by atoms with Gasteiger partial charge in [-0.15, -0.1) is 0 Å². The molecule has 0 aliphatic carbocycles. The van der Waals surface area contributed by atoms with Crippen LogP contribution in [0, 0.1) is 5.82 Å². The average molecular weight is 260 g/mol. The van der Waals surface area contributed by atoms with Crippen molar-refractivity contribution in [2.75, 3.05) is 0 Å². The molecule has 0 aliphatic heterocycles. The molecule has 0 amide bonds. The van der Waals surface area contributed by atoms with Gasteiger partial charge in [0.1, 0.15) is 17.3 Å². The average Bonchev–Trinajstić information content (AvgIpc) is 2.41. The van der Waals surface area contributed by atoms with Gasteiger partial charge in [-0.3, -0.25) is 0 Å². The molecule has 98 valence electrons. The number of carboxylic acids is 1. The molecule has 2 aromatic carbocycles. The van der Waals surface area contributed by atoms with Gasteiger partial charge in [-0.1, -0.05) is 6.92 Å². The second-order valence-corrected chi connectivity index (χ2v) is 4.04. The Kier molecular flexibility index (Phi) is 3.80. The molecule has 2 rings (SSSR count). The predicted molar refractivity (Wildman–Crippen MR) is 69.3 cm³/mol. The van der Waals surface area contributed by atoms with Crippen LogP contribution in [-0.4, -0.2) is 11.1 Å². The van der Waals surface area contributed by atoms with Crippen LogP contribution in [0.4, 0.5) is 4.39 Å². The monoisotopic (exact) mass is 260 g/mol.